The summed E-state index contributed by atoms with van der Waals surface area (Å²) in [4.78, 5) is 0. The van der Waals surface area contributed by atoms with Gasteiger partial charge < -0.3 is 0 Å². The molecule has 0 nitrogen and oxygen atoms in total. The molecule has 0 aromatic heterocycles. The van der Waals surface area contributed by atoms with E-state index in [0.29, 0.717) is 10.9 Å². The molecule has 1 unspecified atom stereocenters. The van der Waals surface area contributed by atoms with E-state index in [2.05, 4.69) is 31.9 Å². The Hall–Kier alpha value is 0.580. The van der Waals surface area contributed by atoms with Crippen molar-refractivity contribution < 1.29 is 13.2 Å². The van der Waals surface area contributed by atoms with Gasteiger partial charge >= 0.3 is 5.51 Å². The molecular formula is C7H5Br2F3S. The van der Waals surface area contributed by atoms with Gasteiger partial charge in [0.25, 0.3) is 0 Å². The van der Waals surface area contributed by atoms with Gasteiger partial charge in [-0.2, -0.15) is 13.2 Å². The third-order valence-corrected chi connectivity index (χ3v) is 3.70. The van der Waals surface area contributed by atoms with Crippen molar-refractivity contribution in [3.63, 3.8) is 0 Å². The fraction of sp³-hybridized carbons (Fsp3) is 0.429. The monoisotopic (exact) mass is 336 g/mol. The first-order valence-corrected chi connectivity index (χ1v) is 5.72. The minimum absolute atomic E-state index is 0.0572. The first-order chi connectivity index (χ1) is 5.81. The average Bonchev–Trinajstić information content (AvgIpc) is 1.79. The van der Waals surface area contributed by atoms with Crippen molar-refractivity contribution in [3.05, 3.63) is 22.7 Å². The second kappa shape index (κ2) is 3.98. The molecule has 0 saturated heterocycles. The minimum Gasteiger partial charge on any atom is -0.160 e. The van der Waals surface area contributed by atoms with Gasteiger partial charge in [-0.3, -0.25) is 0 Å². The van der Waals surface area contributed by atoms with Gasteiger partial charge in [0.1, 0.15) is 3.66 Å². The average molecular weight is 338 g/mol. The lowest BCUT2D eigenvalue weighted by molar-refractivity contribution is -0.0333. The second-order valence-corrected chi connectivity index (χ2v) is 6.72. The molecule has 0 fully saturated rings. The predicted molar refractivity (Wildman–Crippen MR) is 56.1 cm³/mol. The summed E-state index contributed by atoms with van der Waals surface area (Å²) in [5.41, 5.74) is -4.22. The molecule has 0 aliphatic heterocycles. The van der Waals surface area contributed by atoms with Crippen molar-refractivity contribution in [2.75, 3.05) is 0 Å². The van der Waals surface area contributed by atoms with Crippen LogP contribution < -0.4 is 0 Å². The maximum atomic E-state index is 12.1. The topological polar surface area (TPSA) is 0 Å². The van der Waals surface area contributed by atoms with Gasteiger partial charge in [-0.15, -0.1) is 0 Å². The number of rotatable bonds is 1. The highest BCUT2D eigenvalue weighted by atomic mass is 79.9. The summed E-state index contributed by atoms with van der Waals surface area (Å²) in [6.45, 7) is 0. The van der Waals surface area contributed by atoms with Gasteiger partial charge in [-0.25, -0.2) is 0 Å². The largest absolute Gasteiger partial charge is 0.443 e. The van der Waals surface area contributed by atoms with Crippen LogP contribution in [-0.2, 0) is 0 Å². The molecule has 0 bridgehead atoms. The van der Waals surface area contributed by atoms with Crippen LogP contribution in [0, 0.1) is 0 Å². The normalized spacial score (nSPS) is 28.8. The Morgan fingerprint density at radius 3 is 2.54 bits per heavy atom. The zero-order valence-electron chi connectivity index (χ0n) is 6.24. The van der Waals surface area contributed by atoms with Gasteiger partial charge in [0.15, 0.2) is 0 Å². The Kier molecular flexibility index (Phi) is 3.57. The van der Waals surface area contributed by atoms with Crippen molar-refractivity contribution >= 4 is 43.6 Å². The van der Waals surface area contributed by atoms with E-state index in [1.54, 1.807) is 12.2 Å². The van der Waals surface area contributed by atoms with Crippen molar-refractivity contribution in [3.8, 4) is 0 Å². The fourth-order valence-corrected chi connectivity index (χ4v) is 3.68. The zero-order chi connectivity index (χ0) is 10.1. The van der Waals surface area contributed by atoms with Crippen LogP contribution in [0.5, 0.6) is 0 Å². The van der Waals surface area contributed by atoms with Gasteiger partial charge in [0.2, 0.25) is 0 Å². The summed E-state index contributed by atoms with van der Waals surface area (Å²) in [5, 5.41) is 0. The standard InChI is InChI=1S/C7H5Br2F3S/c8-5-2-1-3-6(9,4-5)13-7(10,11)12/h1-2,4H,3H2. The van der Waals surface area contributed by atoms with E-state index in [9.17, 15) is 13.2 Å². The van der Waals surface area contributed by atoms with E-state index in [4.69, 9.17) is 0 Å². The lowest BCUT2D eigenvalue weighted by atomic mass is 10.2. The van der Waals surface area contributed by atoms with Gasteiger partial charge in [-0.05, 0) is 24.3 Å². The minimum atomic E-state index is -4.22. The number of thioether (sulfide) groups is 1. The number of hydrogen-bond acceptors (Lipinski definition) is 1. The third kappa shape index (κ3) is 4.08. The van der Waals surface area contributed by atoms with Crippen LogP contribution in [0.15, 0.2) is 22.7 Å². The SMILES string of the molecule is FC(F)(F)SC1(Br)C=C(Br)C=CC1. The molecule has 0 saturated carbocycles. The van der Waals surface area contributed by atoms with Crippen LogP contribution in [0.2, 0.25) is 0 Å². The molecule has 0 N–H and O–H groups in total. The Bertz CT molecular complexity index is 259. The fourth-order valence-electron chi connectivity index (χ4n) is 0.909. The first kappa shape index (κ1) is 11.7. The molecule has 0 spiro atoms. The van der Waals surface area contributed by atoms with Crippen molar-refractivity contribution in [2.45, 2.75) is 15.6 Å². The van der Waals surface area contributed by atoms with Gasteiger partial charge in [0.05, 0.1) is 0 Å². The smallest absolute Gasteiger partial charge is 0.160 e. The summed E-state index contributed by atoms with van der Waals surface area (Å²) >= 11 is 6.14. The molecule has 0 heterocycles. The predicted octanol–water partition coefficient (Wildman–Crippen LogP) is 4.57. The lowest BCUT2D eigenvalue weighted by Gasteiger charge is -2.25. The Labute approximate surface area is 94.9 Å². The van der Waals surface area contributed by atoms with Crippen molar-refractivity contribution in [2.24, 2.45) is 0 Å². The van der Waals surface area contributed by atoms with Crippen LogP contribution in [0.3, 0.4) is 0 Å². The zero-order valence-corrected chi connectivity index (χ0v) is 10.2. The number of halogens is 5. The van der Waals surface area contributed by atoms with E-state index < -0.39 is 9.16 Å². The molecule has 1 atom stereocenters. The summed E-state index contributed by atoms with van der Waals surface area (Å²) in [5.74, 6) is 0. The first-order valence-electron chi connectivity index (χ1n) is 3.31. The Morgan fingerprint density at radius 2 is 2.08 bits per heavy atom. The summed E-state index contributed by atoms with van der Waals surface area (Å²) < 4.78 is 35.8. The van der Waals surface area contributed by atoms with Crippen molar-refractivity contribution in [1.29, 1.82) is 0 Å². The molecule has 13 heavy (non-hydrogen) atoms. The van der Waals surface area contributed by atoms with E-state index in [-0.39, 0.29) is 11.8 Å². The third-order valence-electron chi connectivity index (χ3n) is 1.31. The van der Waals surface area contributed by atoms with Crippen molar-refractivity contribution in [1.82, 2.24) is 0 Å². The molecule has 1 rings (SSSR count). The Balaban J connectivity index is 2.73. The number of hydrogen-bond donors (Lipinski definition) is 0. The summed E-state index contributed by atoms with van der Waals surface area (Å²) in [6, 6.07) is 0. The number of allylic oxidation sites excluding steroid dienone is 3. The van der Waals surface area contributed by atoms with Gasteiger partial charge in [-0.1, -0.05) is 44.0 Å². The molecule has 0 aromatic rings. The van der Waals surface area contributed by atoms with E-state index in [0.717, 1.165) is 0 Å². The highest BCUT2D eigenvalue weighted by Gasteiger charge is 2.40. The van der Waals surface area contributed by atoms with Crippen LogP contribution in [-0.4, -0.2) is 9.16 Å². The maximum absolute atomic E-state index is 12.1. The number of alkyl halides is 4. The molecule has 0 aromatic carbocycles. The molecular weight excluding hydrogens is 333 g/mol. The molecule has 74 valence electrons. The quantitative estimate of drug-likeness (QED) is 0.631. The molecule has 1 aliphatic rings. The van der Waals surface area contributed by atoms with Crippen LogP contribution in [0.1, 0.15) is 6.42 Å². The summed E-state index contributed by atoms with van der Waals surface area (Å²) in [7, 11) is 0. The highest BCUT2D eigenvalue weighted by molar-refractivity contribution is 9.12. The molecule has 6 heteroatoms. The molecule has 0 radical (unpaired) electrons. The highest BCUT2D eigenvalue weighted by Crippen LogP contribution is 2.49. The lowest BCUT2D eigenvalue weighted by Crippen LogP contribution is -2.20. The molecule has 1 aliphatic carbocycles. The molecule has 0 amide bonds. The van der Waals surface area contributed by atoms with Crippen LogP contribution in [0.4, 0.5) is 13.2 Å². The van der Waals surface area contributed by atoms with E-state index in [1.807, 2.05) is 0 Å². The summed E-state index contributed by atoms with van der Waals surface area (Å²) in [6.07, 6.45) is 5.26. The maximum Gasteiger partial charge on any atom is 0.443 e. The van der Waals surface area contributed by atoms with E-state index >= 15 is 0 Å². The van der Waals surface area contributed by atoms with Crippen LogP contribution >= 0.6 is 43.6 Å². The van der Waals surface area contributed by atoms with Crippen LogP contribution in [0.25, 0.3) is 0 Å². The van der Waals surface area contributed by atoms with Gasteiger partial charge in [0, 0.05) is 4.48 Å². The second-order valence-electron chi connectivity index (χ2n) is 2.47. The Morgan fingerprint density at radius 1 is 1.46 bits per heavy atom. The van der Waals surface area contributed by atoms with E-state index in [1.165, 1.54) is 6.08 Å².